The molecule has 0 saturated heterocycles. The summed E-state index contributed by atoms with van der Waals surface area (Å²) in [6, 6.07) is 10.4. The molecule has 1 atom stereocenters. The van der Waals surface area contributed by atoms with Crippen LogP contribution in [-0.4, -0.2) is 28.6 Å². The summed E-state index contributed by atoms with van der Waals surface area (Å²) in [5.41, 5.74) is 7.30. The van der Waals surface area contributed by atoms with Crippen molar-refractivity contribution in [3.63, 3.8) is 0 Å². The first-order chi connectivity index (χ1) is 11.9. The Labute approximate surface area is 156 Å². The Balaban J connectivity index is 1.73. The fraction of sp³-hybridized carbons (Fsp3) is 0.389. The average molecular weight is 378 g/mol. The highest BCUT2D eigenvalue weighted by Crippen LogP contribution is 2.27. The molecule has 2 rings (SSSR count). The molecule has 1 heterocycles. The molecule has 5 nitrogen and oxygen atoms in total. The largest absolute Gasteiger partial charge is 0.369 e. The third-order valence-electron chi connectivity index (χ3n) is 3.65. The molecule has 0 unspecified atom stereocenters. The van der Waals surface area contributed by atoms with E-state index in [0.29, 0.717) is 5.75 Å². The molecule has 2 aromatic rings. The zero-order chi connectivity index (χ0) is 18.2. The molecular weight excluding hydrogens is 354 g/mol. The Bertz CT molecular complexity index is 716. The third kappa shape index (κ3) is 6.88. The van der Waals surface area contributed by atoms with Gasteiger partial charge in [0.2, 0.25) is 11.8 Å². The van der Waals surface area contributed by atoms with Crippen LogP contribution in [0.4, 0.5) is 0 Å². The monoisotopic (exact) mass is 377 g/mol. The molecule has 1 aromatic heterocycles. The van der Waals surface area contributed by atoms with Crippen molar-refractivity contribution < 1.29 is 9.59 Å². The van der Waals surface area contributed by atoms with E-state index in [0.717, 1.165) is 27.8 Å². The summed E-state index contributed by atoms with van der Waals surface area (Å²) >= 11 is 2.82. The molecule has 3 N–H and O–H groups in total. The Kier molecular flexibility index (Phi) is 7.46. The number of thioether (sulfide) groups is 1. The fourth-order valence-electron chi connectivity index (χ4n) is 2.33. The lowest BCUT2D eigenvalue weighted by Gasteiger charge is -2.13. The standard InChI is InChI=1S/C18H23N3O2S2/c1-12(8-9-14-6-4-3-5-7-14)20-17(23)11-24-18-21-13(2)15(25-18)10-16(19)22/h3-7,12H,8-11H2,1-2H3,(H2,19,22)(H,20,23)/t12-/m1/s1. The second kappa shape index (κ2) is 9.58. The molecule has 25 heavy (non-hydrogen) atoms. The Morgan fingerprint density at radius 2 is 2.04 bits per heavy atom. The molecule has 0 radical (unpaired) electrons. The molecular formula is C18H23N3O2S2. The van der Waals surface area contributed by atoms with Crippen LogP contribution in [-0.2, 0) is 22.4 Å². The predicted molar refractivity (Wildman–Crippen MR) is 103 cm³/mol. The number of nitrogens with two attached hydrogens (primary N) is 1. The van der Waals surface area contributed by atoms with Crippen molar-refractivity contribution in [2.45, 2.75) is 43.5 Å². The summed E-state index contributed by atoms with van der Waals surface area (Å²) in [5.74, 6) is -0.0540. The molecule has 0 bridgehead atoms. The van der Waals surface area contributed by atoms with E-state index in [-0.39, 0.29) is 24.3 Å². The molecule has 0 aliphatic carbocycles. The second-order valence-corrected chi connectivity index (χ2v) is 8.22. The number of hydrogen-bond donors (Lipinski definition) is 2. The van der Waals surface area contributed by atoms with Gasteiger partial charge in [-0.2, -0.15) is 0 Å². The first kappa shape index (κ1) is 19.5. The molecule has 0 spiro atoms. The Hall–Kier alpha value is -1.86. The van der Waals surface area contributed by atoms with Crippen molar-refractivity contribution in [3.05, 3.63) is 46.5 Å². The lowest BCUT2D eigenvalue weighted by molar-refractivity contribution is -0.119. The Morgan fingerprint density at radius 1 is 1.32 bits per heavy atom. The van der Waals surface area contributed by atoms with Crippen LogP contribution in [0.1, 0.15) is 29.5 Å². The number of amides is 2. The van der Waals surface area contributed by atoms with E-state index in [1.54, 1.807) is 0 Å². The number of aryl methyl sites for hydroxylation is 2. The number of hydrogen-bond acceptors (Lipinski definition) is 5. The zero-order valence-corrected chi connectivity index (χ0v) is 16.1. The van der Waals surface area contributed by atoms with E-state index in [4.69, 9.17) is 5.73 Å². The van der Waals surface area contributed by atoms with E-state index < -0.39 is 0 Å². The van der Waals surface area contributed by atoms with E-state index in [2.05, 4.69) is 22.4 Å². The maximum absolute atomic E-state index is 12.1. The number of thiazole rings is 1. The van der Waals surface area contributed by atoms with Crippen LogP contribution >= 0.6 is 23.1 Å². The van der Waals surface area contributed by atoms with Gasteiger partial charge in [0.15, 0.2) is 4.34 Å². The summed E-state index contributed by atoms with van der Waals surface area (Å²) in [6.07, 6.45) is 2.05. The van der Waals surface area contributed by atoms with E-state index in [1.807, 2.05) is 32.0 Å². The van der Waals surface area contributed by atoms with Crippen molar-refractivity contribution >= 4 is 34.9 Å². The summed E-state index contributed by atoms with van der Waals surface area (Å²) in [4.78, 5) is 28.3. The number of carbonyl (C=O) groups excluding carboxylic acids is 2. The number of benzene rings is 1. The molecule has 0 fully saturated rings. The van der Waals surface area contributed by atoms with Gasteiger partial charge in [-0.3, -0.25) is 9.59 Å². The number of primary amides is 1. The quantitative estimate of drug-likeness (QED) is 0.658. The van der Waals surface area contributed by atoms with Crippen molar-refractivity contribution in [2.75, 3.05) is 5.75 Å². The normalized spacial score (nSPS) is 11.9. The molecule has 2 amide bonds. The highest BCUT2D eigenvalue weighted by Gasteiger charge is 2.13. The molecule has 1 aromatic carbocycles. The second-order valence-electron chi connectivity index (χ2n) is 5.91. The SMILES string of the molecule is Cc1nc(SCC(=O)N[C@H](C)CCc2ccccc2)sc1CC(N)=O. The first-order valence-electron chi connectivity index (χ1n) is 8.14. The number of nitrogens with one attached hydrogen (secondary N) is 1. The predicted octanol–water partition coefficient (Wildman–Crippen LogP) is 2.71. The van der Waals surface area contributed by atoms with Crippen LogP contribution in [0.3, 0.4) is 0 Å². The number of carbonyl (C=O) groups is 2. The van der Waals surface area contributed by atoms with Gasteiger partial charge in [0.05, 0.1) is 17.9 Å². The van der Waals surface area contributed by atoms with E-state index in [1.165, 1.54) is 28.7 Å². The highest BCUT2D eigenvalue weighted by atomic mass is 32.2. The van der Waals surface area contributed by atoms with Gasteiger partial charge < -0.3 is 11.1 Å². The van der Waals surface area contributed by atoms with Crippen LogP contribution in [0.5, 0.6) is 0 Å². The summed E-state index contributed by atoms with van der Waals surface area (Å²) in [5, 5.41) is 3.02. The minimum absolute atomic E-state index is 0.00475. The lowest BCUT2D eigenvalue weighted by atomic mass is 10.1. The first-order valence-corrected chi connectivity index (χ1v) is 9.95. The molecule has 0 aliphatic rings. The minimum Gasteiger partial charge on any atom is -0.369 e. The van der Waals surface area contributed by atoms with Crippen LogP contribution in [0.15, 0.2) is 34.7 Å². The molecule has 0 saturated carbocycles. The van der Waals surface area contributed by atoms with Gasteiger partial charge in [0.1, 0.15) is 0 Å². The van der Waals surface area contributed by atoms with Crippen LogP contribution in [0, 0.1) is 6.92 Å². The lowest BCUT2D eigenvalue weighted by Crippen LogP contribution is -2.34. The number of nitrogens with zero attached hydrogens (tertiary/aromatic N) is 1. The van der Waals surface area contributed by atoms with Crippen LogP contribution < -0.4 is 11.1 Å². The van der Waals surface area contributed by atoms with E-state index >= 15 is 0 Å². The van der Waals surface area contributed by atoms with Crippen LogP contribution in [0.2, 0.25) is 0 Å². The number of aromatic nitrogens is 1. The van der Waals surface area contributed by atoms with Gasteiger partial charge in [-0.1, -0.05) is 42.1 Å². The van der Waals surface area contributed by atoms with Crippen molar-refractivity contribution in [1.29, 1.82) is 0 Å². The van der Waals surface area contributed by atoms with Gasteiger partial charge in [-0.15, -0.1) is 11.3 Å². The topological polar surface area (TPSA) is 85.1 Å². The van der Waals surface area contributed by atoms with Gasteiger partial charge in [0.25, 0.3) is 0 Å². The molecule has 134 valence electrons. The third-order valence-corrected chi connectivity index (χ3v) is 5.95. The van der Waals surface area contributed by atoms with Crippen molar-refractivity contribution in [1.82, 2.24) is 10.3 Å². The van der Waals surface area contributed by atoms with Gasteiger partial charge in [0, 0.05) is 10.9 Å². The molecule has 7 heteroatoms. The minimum atomic E-state index is -0.367. The van der Waals surface area contributed by atoms with Crippen LogP contribution in [0.25, 0.3) is 0 Å². The average Bonchev–Trinajstić information content (AvgIpc) is 2.91. The summed E-state index contributed by atoms with van der Waals surface area (Å²) in [7, 11) is 0. The maximum atomic E-state index is 12.1. The summed E-state index contributed by atoms with van der Waals surface area (Å²) in [6.45, 7) is 3.87. The fourth-order valence-corrected chi connectivity index (χ4v) is 4.38. The maximum Gasteiger partial charge on any atom is 0.230 e. The summed E-state index contributed by atoms with van der Waals surface area (Å²) < 4.78 is 0.792. The van der Waals surface area contributed by atoms with Crippen molar-refractivity contribution in [2.24, 2.45) is 5.73 Å². The highest BCUT2D eigenvalue weighted by molar-refractivity contribution is 8.01. The molecule has 0 aliphatic heterocycles. The zero-order valence-electron chi connectivity index (χ0n) is 14.5. The van der Waals surface area contributed by atoms with E-state index in [9.17, 15) is 9.59 Å². The van der Waals surface area contributed by atoms with Gasteiger partial charge in [-0.05, 0) is 32.3 Å². The number of rotatable bonds is 9. The van der Waals surface area contributed by atoms with Gasteiger partial charge >= 0.3 is 0 Å². The van der Waals surface area contributed by atoms with Crippen molar-refractivity contribution in [3.8, 4) is 0 Å². The Morgan fingerprint density at radius 3 is 2.72 bits per heavy atom. The van der Waals surface area contributed by atoms with Gasteiger partial charge in [-0.25, -0.2) is 4.98 Å². The smallest absolute Gasteiger partial charge is 0.230 e.